The van der Waals surface area contributed by atoms with E-state index in [0.29, 0.717) is 0 Å². The monoisotopic (exact) mass is 307 g/mol. The Morgan fingerprint density at radius 1 is 1.00 bits per heavy atom. The lowest BCUT2D eigenvalue weighted by molar-refractivity contribution is 0.498. The normalized spacial score (nSPS) is 12.4. The maximum absolute atomic E-state index is 5.61. The van der Waals surface area contributed by atoms with Crippen LogP contribution in [0, 0.1) is 0 Å². The molecular weight excluding hydrogens is 294 g/mol. The van der Waals surface area contributed by atoms with Crippen molar-refractivity contribution in [3.8, 4) is 0 Å². The van der Waals surface area contributed by atoms with Crippen LogP contribution < -0.4 is 5.32 Å². The molecule has 0 fully saturated rings. The van der Waals surface area contributed by atoms with Crippen molar-refractivity contribution in [2.45, 2.75) is 6.04 Å². The van der Waals surface area contributed by atoms with Gasteiger partial charge in [0.05, 0.1) is 11.6 Å². The molecule has 5 heteroatoms. The first-order chi connectivity index (χ1) is 10.9. The molecule has 0 saturated carbocycles. The van der Waals surface area contributed by atoms with Crippen molar-refractivity contribution in [1.82, 2.24) is 9.97 Å². The summed E-state index contributed by atoms with van der Waals surface area (Å²) in [6.07, 6.45) is 3.28. The van der Waals surface area contributed by atoms with Gasteiger partial charge in [0.1, 0.15) is 28.8 Å². The minimum absolute atomic E-state index is 0.0887. The van der Waals surface area contributed by atoms with Gasteiger partial charge < -0.3 is 9.73 Å². The third-order valence-corrected chi connectivity index (χ3v) is 4.32. The Morgan fingerprint density at radius 2 is 1.91 bits per heavy atom. The summed E-state index contributed by atoms with van der Waals surface area (Å²) in [6, 6.07) is 16.0. The molecule has 0 spiro atoms. The van der Waals surface area contributed by atoms with E-state index in [2.05, 4.69) is 27.4 Å². The fraction of sp³-hybridized carbons (Fsp3) is 0.0588. The number of hydrogen-bond acceptors (Lipinski definition) is 5. The number of furan rings is 1. The summed E-state index contributed by atoms with van der Waals surface area (Å²) in [5.74, 6) is 1.67. The number of aromatic nitrogens is 2. The maximum Gasteiger partial charge on any atom is 0.139 e. The molecule has 1 aromatic carbocycles. The third kappa shape index (κ3) is 2.35. The second-order valence-electron chi connectivity index (χ2n) is 4.87. The van der Waals surface area contributed by atoms with Gasteiger partial charge in [-0.2, -0.15) is 0 Å². The standard InChI is InChI=1S/C17H13N3OS/c1-2-5-12(6-3-1)15(14-7-4-9-21-14)20-16-13-8-10-22-17(13)19-11-18-16/h1-11,15H,(H,18,19,20)/t15-/m0/s1. The fourth-order valence-corrected chi connectivity index (χ4v) is 3.19. The third-order valence-electron chi connectivity index (χ3n) is 3.50. The predicted molar refractivity (Wildman–Crippen MR) is 88.0 cm³/mol. The van der Waals surface area contributed by atoms with Crippen LogP contribution in [-0.2, 0) is 0 Å². The van der Waals surface area contributed by atoms with Crippen molar-refractivity contribution in [2.75, 3.05) is 5.32 Å². The van der Waals surface area contributed by atoms with Crippen molar-refractivity contribution in [1.29, 1.82) is 0 Å². The molecule has 3 heterocycles. The number of nitrogens with zero attached hydrogens (tertiary/aromatic N) is 2. The quantitative estimate of drug-likeness (QED) is 0.603. The highest BCUT2D eigenvalue weighted by Gasteiger charge is 2.18. The summed E-state index contributed by atoms with van der Waals surface area (Å²) in [5, 5.41) is 6.54. The van der Waals surface area contributed by atoms with E-state index >= 15 is 0 Å². The van der Waals surface area contributed by atoms with Gasteiger partial charge in [-0.05, 0) is 29.1 Å². The van der Waals surface area contributed by atoms with E-state index in [9.17, 15) is 0 Å². The van der Waals surface area contributed by atoms with E-state index in [4.69, 9.17) is 4.42 Å². The summed E-state index contributed by atoms with van der Waals surface area (Å²) in [4.78, 5) is 9.66. The molecule has 3 aromatic heterocycles. The Morgan fingerprint density at radius 3 is 2.73 bits per heavy atom. The lowest BCUT2D eigenvalue weighted by Crippen LogP contribution is -2.12. The zero-order valence-corrected chi connectivity index (χ0v) is 12.5. The Balaban J connectivity index is 1.77. The maximum atomic E-state index is 5.61. The fourth-order valence-electron chi connectivity index (χ4n) is 2.46. The van der Waals surface area contributed by atoms with Crippen LogP contribution >= 0.6 is 11.3 Å². The highest BCUT2D eigenvalue weighted by atomic mass is 32.1. The predicted octanol–water partition coefficient (Wildman–Crippen LogP) is 4.49. The largest absolute Gasteiger partial charge is 0.467 e. The molecule has 1 atom stereocenters. The van der Waals surface area contributed by atoms with Crippen molar-refractivity contribution >= 4 is 27.4 Å². The summed E-state index contributed by atoms with van der Waals surface area (Å²) in [6.45, 7) is 0. The van der Waals surface area contributed by atoms with Gasteiger partial charge in [0.25, 0.3) is 0 Å². The number of anilines is 1. The molecule has 0 unspecified atom stereocenters. The molecule has 0 radical (unpaired) electrons. The average molecular weight is 307 g/mol. The highest BCUT2D eigenvalue weighted by Crippen LogP contribution is 2.30. The lowest BCUT2D eigenvalue weighted by atomic mass is 10.0. The van der Waals surface area contributed by atoms with Gasteiger partial charge in [-0.3, -0.25) is 0 Å². The zero-order valence-electron chi connectivity index (χ0n) is 11.6. The molecule has 4 aromatic rings. The second-order valence-corrected chi connectivity index (χ2v) is 5.76. The van der Waals surface area contributed by atoms with Gasteiger partial charge in [-0.1, -0.05) is 30.3 Å². The zero-order chi connectivity index (χ0) is 14.8. The van der Waals surface area contributed by atoms with E-state index in [0.717, 1.165) is 27.4 Å². The molecular formula is C17H13N3OS. The van der Waals surface area contributed by atoms with Crippen molar-refractivity contribution in [3.05, 3.63) is 77.8 Å². The molecule has 0 saturated heterocycles. The summed E-state index contributed by atoms with van der Waals surface area (Å²) in [5.41, 5.74) is 1.12. The van der Waals surface area contributed by atoms with E-state index in [1.165, 1.54) is 0 Å². The van der Waals surface area contributed by atoms with E-state index in [-0.39, 0.29) is 6.04 Å². The molecule has 22 heavy (non-hydrogen) atoms. The minimum Gasteiger partial charge on any atom is -0.467 e. The lowest BCUT2D eigenvalue weighted by Gasteiger charge is -2.18. The molecule has 0 aliphatic heterocycles. The Bertz CT molecular complexity index is 871. The van der Waals surface area contributed by atoms with Crippen LogP contribution in [-0.4, -0.2) is 9.97 Å². The highest BCUT2D eigenvalue weighted by molar-refractivity contribution is 7.16. The van der Waals surface area contributed by atoms with Crippen LogP contribution in [0.5, 0.6) is 0 Å². The number of nitrogens with one attached hydrogen (secondary N) is 1. The van der Waals surface area contributed by atoms with Gasteiger partial charge in [-0.25, -0.2) is 9.97 Å². The summed E-state index contributed by atoms with van der Waals surface area (Å²) in [7, 11) is 0. The summed E-state index contributed by atoms with van der Waals surface area (Å²) < 4.78 is 5.61. The van der Waals surface area contributed by atoms with Crippen molar-refractivity contribution in [2.24, 2.45) is 0 Å². The average Bonchev–Trinajstić information content (AvgIpc) is 3.25. The van der Waals surface area contributed by atoms with E-state index < -0.39 is 0 Å². The van der Waals surface area contributed by atoms with Crippen LogP contribution in [0.2, 0.25) is 0 Å². The van der Waals surface area contributed by atoms with Gasteiger partial charge in [0.2, 0.25) is 0 Å². The first-order valence-electron chi connectivity index (χ1n) is 6.95. The van der Waals surface area contributed by atoms with Gasteiger partial charge in [0.15, 0.2) is 0 Å². The van der Waals surface area contributed by atoms with Crippen LogP contribution in [0.25, 0.3) is 10.2 Å². The topological polar surface area (TPSA) is 51.0 Å². The van der Waals surface area contributed by atoms with Crippen molar-refractivity contribution < 1.29 is 4.42 Å². The second kappa shape index (κ2) is 5.61. The molecule has 4 rings (SSSR count). The van der Waals surface area contributed by atoms with Crippen LogP contribution in [0.1, 0.15) is 17.4 Å². The smallest absolute Gasteiger partial charge is 0.139 e. The van der Waals surface area contributed by atoms with E-state index in [1.807, 2.05) is 41.8 Å². The molecule has 4 nitrogen and oxygen atoms in total. The molecule has 1 N–H and O–H groups in total. The molecule has 0 aliphatic rings. The Labute approximate surface area is 131 Å². The molecule has 108 valence electrons. The molecule has 0 amide bonds. The molecule has 0 bridgehead atoms. The van der Waals surface area contributed by atoms with Crippen molar-refractivity contribution in [3.63, 3.8) is 0 Å². The number of rotatable bonds is 4. The SMILES string of the molecule is c1ccc([C@H](Nc2ncnc3sccc23)c2ccco2)cc1. The summed E-state index contributed by atoms with van der Waals surface area (Å²) >= 11 is 1.61. The number of hydrogen-bond donors (Lipinski definition) is 1. The van der Waals surface area contributed by atoms with Gasteiger partial charge in [-0.15, -0.1) is 11.3 Å². The molecule has 0 aliphatic carbocycles. The van der Waals surface area contributed by atoms with Gasteiger partial charge >= 0.3 is 0 Å². The Kier molecular flexibility index (Phi) is 3.33. The first kappa shape index (κ1) is 13.0. The minimum atomic E-state index is -0.0887. The van der Waals surface area contributed by atoms with Crippen LogP contribution in [0.15, 0.2) is 70.9 Å². The van der Waals surface area contributed by atoms with E-state index in [1.54, 1.807) is 23.9 Å². The number of benzene rings is 1. The van der Waals surface area contributed by atoms with Crippen LogP contribution in [0.4, 0.5) is 5.82 Å². The first-order valence-corrected chi connectivity index (χ1v) is 7.83. The number of thiophene rings is 1. The number of fused-ring (bicyclic) bond motifs is 1. The van der Waals surface area contributed by atoms with Gasteiger partial charge in [0, 0.05) is 0 Å². The van der Waals surface area contributed by atoms with Crippen LogP contribution in [0.3, 0.4) is 0 Å². The Hall–Kier alpha value is -2.66.